The normalized spacial score (nSPS) is 13.1. The molecule has 3 heteroatoms. The van der Waals surface area contributed by atoms with E-state index < -0.39 is 6.04 Å². The van der Waals surface area contributed by atoms with Crippen LogP contribution in [0.5, 0.6) is 0 Å². The first kappa shape index (κ1) is 9.59. The summed E-state index contributed by atoms with van der Waals surface area (Å²) in [5.74, 6) is 0.0874. The Balaban J connectivity index is 3.42. The number of carbonyl (C=O) groups excluding carboxylic acids is 1. The van der Waals surface area contributed by atoms with Crippen molar-refractivity contribution in [1.29, 1.82) is 0 Å². The van der Waals surface area contributed by atoms with Gasteiger partial charge < -0.3 is 11.5 Å². The van der Waals surface area contributed by atoms with Gasteiger partial charge in [0.1, 0.15) is 0 Å². The molecule has 0 amide bonds. The van der Waals surface area contributed by atoms with Crippen molar-refractivity contribution in [2.45, 2.75) is 32.2 Å². The van der Waals surface area contributed by atoms with Crippen LogP contribution < -0.4 is 11.5 Å². The Bertz CT molecular complexity index is 104. The predicted molar refractivity (Wildman–Crippen MR) is 41.6 cm³/mol. The first-order valence-corrected chi connectivity index (χ1v) is 3.70. The van der Waals surface area contributed by atoms with Crippen molar-refractivity contribution in [1.82, 2.24) is 0 Å². The molecule has 0 bridgehead atoms. The van der Waals surface area contributed by atoms with Crippen LogP contribution in [0.15, 0.2) is 0 Å². The minimum Gasteiger partial charge on any atom is -0.328 e. The summed E-state index contributed by atoms with van der Waals surface area (Å²) < 4.78 is 0. The third kappa shape index (κ3) is 3.58. The van der Waals surface area contributed by atoms with Crippen LogP contribution in [0.2, 0.25) is 0 Å². The molecule has 0 radical (unpaired) electrons. The molecule has 0 aliphatic carbocycles. The molecule has 0 aromatic heterocycles. The highest BCUT2D eigenvalue weighted by atomic mass is 16.1. The lowest BCUT2D eigenvalue weighted by molar-refractivity contribution is -0.120. The monoisotopic (exact) mass is 144 g/mol. The second-order valence-electron chi connectivity index (χ2n) is 2.41. The van der Waals surface area contributed by atoms with E-state index in [0.29, 0.717) is 6.42 Å². The molecule has 1 atom stereocenters. The highest BCUT2D eigenvalue weighted by Gasteiger charge is 2.09. The van der Waals surface area contributed by atoms with Crippen molar-refractivity contribution in [3.05, 3.63) is 0 Å². The maximum absolute atomic E-state index is 10.9. The smallest absolute Gasteiger partial charge is 0.150 e. The van der Waals surface area contributed by atoms with Gasteiger partial charge in [-0.1, -0.05) is 13.3 Å². The highest BCUT2D eigenvalue weighted by molar-refractivity contribution is 5.83. The van der Waals surface area contributed by atoms with Crippen LogP contribution in [0.3, 0.4) is 0 Å². The van der Waals surface area contributed by atoms with Crippen LogP contribution in [0.4, 0.5) is 0 Å². The van der Waals surface area contributed by atoms with Gasteiger partial charge in [-0.2, -0.15) is 0 Å². The highest BCUT2D eigenvalue weighted by Crippen LogP contribution is 1.96. The number of unbranched alkanes of at least 4 members (excludes halogenated alkanes) is 1. The van der Waals surface area contributed by atoms with Gasteiger partial charge >= 0.3 is 0 Å². The largest absolute Gasteiger partial charge is 0.328 e. The number of nitrogens with two attached hydrogens (primary N) is 2. The van der Waals surface area contributed by atoms with Gasteiger partial charge in [0.05, 0.1) is 6.04 Å². The Hall–Kier alpha value is -0.410. The summed E-state index contributed by atoms with van der Waals surface area (Å²) in [6.45, 7) is 2.31. The zero-order chi connectivity index (χ0) is 7.98. The van der Waals surface area contributed by atoms with Crippen LogP contribution in [-0.4, -0.2) is 18.4 Å². The van der Waals surface area contributed by atoms with Gasteiger partial charge in [0.15, 0.2) is 5.78 Å². The SMILES string of the molecule is CCCCC(=O)C(N)CN. The van der Waals surface area contributed by atoms with Crippen molar-refractivity contribution in [2.75, 3.05) is 6.54 Å². The van der Waals surface area contributed by atoms with E-state index in [1.807, 2.05) is 6.92 Å². The molecular weight excluding hydrogens is 128 g/mol. The second-order valence-corrected chi connectivity index (χ2v) is 2.41. The maximum atomic E-state index is 10.9. The number of hydrogen-bond acceptors (Lipinski definition) is 3. The fourth-order valence-corrected chi connectivity index (χ4v) is 0.668. The van der Waals surface area contributed by atoms with Crippen LogP contribution in [-0.2, 0) is 4.79 Å². The zero-order valence-electron chi connectivity index (χ0n) is 6.47. The quantitative estimate of drug-likeness (QED) is 0.572. The van der Waals surface area contributed by atoms with Crippen LogP contribution >= 0.6 is 0 Å². The summed E-state index contributed by atoms with van der Waals surface area (Å²) in [6.07, 6.45) is 2.53. The molecule has 60 valence electrons. The number of hydrogen-bond donors (Lipinski definition) is 2. The number of rotatable bonds is 5. The molecule has 0 saturated carbocycles. The van der Waals surface area contributed by atoms with Crippen molar-refractivity contribution in [3.63, 3.8) is 0 Å². The first-order chi connectivity index (χ1) is 4.72. The van der Waals surface area contributed by atoms with Gasteiger partial charge in [-0.25, -0.2) is 0 Å². The van der Waals surface area contributed by atoms with Crippen molar-refractivity contribution < 1.29 is 4.79 Å². The first-order valence-electron chi connectivity index (χ1n) is 3.70. The molecule has 1 unspecified atom stereocenters. The van der Waals surface area contributed by atoms with Crippen molar-refractivity contribution >= 4 is 5.78 Å². The van der Waals surface area contributed by atoms with E-state index in [1.54, 1.807) is 0 Å². The molecule has 10 heavy (non-hydrogen) atoms. The molecule has 0 spiro atoms. The Morgan fingerprint density at radius 1 is 1.60 bits per heavy atom. The van der Waals surface area contributed by atoms with Crippen molar-refractivity contribution in [2.24, 2.45) is 11.5 Å². The minimum absolute atomic E-state index is 0.0874. The topological polar surface area (TPSA) is 69.1 Å². The lowest BCUT2D eigenvalue weighted by Gasteiger charge is -2.05. The zero-order valence-corrected chi connectivity index (χ0v) is 6.47. The van der Waals surface area contributed by atoms with E-state index in [9.17, 15) is 4.79 Å². The van der Waals surface area contributed by atoms with E-state index in [4.69, 9.17) is 11.5 Å². The van der Waals surface area contributed by atoms with E-state index in [-0.39, 0.29) is 12.3 Å². The number of ketones is 1. The molecule has 0 aromatic rings. The van der Waals surface area contributed by atoms with Crippen molar-refractivity contribution in [3.8, 4) is 0 Å². The van der Waals surface area contributed by atoms with Gasteiger partial charge in [-0.3, -0.25) is 4.79 Å². The summed E-state index contributed by atoms with van der Waals surface area (Å²) in [7, 11) is 0. The summed E-state index contributed by atoms with van der Waals surface area (Å²) in [5.41, 5.74) is 10.6. The van der Waals surface area contributed by atoms with Crippen LogP contribution in [0.1, 0.15) is 26.2 Å². The average molecular weight is 144 g/mol. The Labute approximate surface area is 61.8 Å². The molecule has 4 N–H and O–H groups in total. The van der Waals surface area contributed by atoms with E-state index in [2.05, 4.69) is 0 Å². The fourth-order valence-electron chi connectivity index (χ4n) is 0.668. The van der Waals surface area contributed by atoms with Crippen LogP contribution in [0.25, 0.3) is 0 Å². The second kappa shape index (κ2) is 5.38. The lowest BCUT2D eigenvalue weighted by Crippen LogP contribution is -2.37. The Morgan fingerprint density at radius 2 is 2.20 bits per heavy atom. The molecular formula is C7H16N2O. The van der Waals surface area contributed by atoms with Gasteiger partial charge in [-0.05, 0) is 6.42 Å². The fraction of sp³-hybridized carbons (Fsp3) is 0.857. The van der Waals surface area contributed by atoms with Gasteiger partial charge in [0.25, 0.3) is 0 Å². The third-order valence-electron chi connectivity index (χ3n) is 1.44. The molecule has 0 rings (SSSR count). The molecule has 0 saturated heterocycles. The van der Waals surface area contributed by atoms with Gasteiger partial charge in [-0.15, -0.1) is 0 Å². The summed E-state index contributed by atoms with van der Waals surface area (Å²) in [6, 6.07) is -0.438. The Kier molecular flexibility index (Phi) is 5.16. The van der Waals surface area contributed by atoms with E-state index in [1.165, 1.54) is 0 Å². The van der Waals surface area contributed by atoms with E-state index >= 15 is 0 Å². The van der Waals surface area contributed by atoms with E-state index in [0.717, 1.165) is 12.8 Å². The maximum Gasteiger partial charge on any atom is 0.150 e. The predicted octanol–water partition coefficient (Wildman–Crippen LogP) is 0.0317. The molecule has 0 aromatic carbocycles. The molecule has 0 fully saturated rings. The van der Waals surface area contributed by atoms with Crippen LogP contribution in [0, 0.1) is 0 Å². The Morgan fingerprint density at radius 3 is 2.60 bits per heavy atom. The summed E-state index contributed by atoms with van der Waals surface area (Å²) in [4.78, 5) is 10.9. The molecule has 0 aliphatic rings. The number of carbonyl (C=O) groups is 1. The molecule has 0 aliphatic heterocycles. The minimum atomic E-state index is -0.438. The third-order valence-corrected chi connectivity index (χ3v) is 1.44. The molecule has 0 heterocycles. The van der Waals surface area contributed by atoms with Gasteiger partial charge in [0, 0.05) is 13.0 Å². The number of Topliss-reactive ketones (excluding diaryl/α,β-unsaturated/α-hetero) is 1. The van der Waals surface area contributed by atoms with Gasteiger partial charge in [0.2, 0.25) is 0 Å². The standard InChI is InChI=1S/C7H16N2O/c1-2-3-4-7(10)6(9)5-8/h6H,2-5,8-9H2,1H3. The summed E-state index contributed by atoms with van der Waals surface area (Å²) in [5, 5.41) is 0. The summed E-state index contributed by atoms with van der Waals surface area (Å²) >= 11 is 0. The molecule has 3 nitrogen and oxygen atoms in total. The average Bonchev–Trinajstić information content (AvgIpc) is 1.98. The lowest BCUT2D eigenvalue weighted by atomic mass is 10.1.